The molecule has 2 N–H and O–H groups in total. The number of aryl methyl sites for hydroxylation is 1. The number of ether oxygens (including phenoxy) is 4. The Hall–Kier alpha value is -2.11. The summed E-state index contributed by atoms with van der Waals surface area (Å²) in [5.41, 5.74) is 7.17. The molecule has 0 aromatic heterocycles. The molecule has 19 heavy (non-hydrogen) atoms. The molecule has 6 nitrogen and oxygen atoms in total. The van der Waals surface area contributed by atoms with Crippen molar-refractivity contribution in [3.8, 4) is 17.2 Å². The van der Waals surface area contributed by atoms with Crippen LogP contribution in [-0.4, -0.2) is 26.5 Å². The van der Waals surface area contributed by atoms with Crippen molar-refractivity contribution in [2.45, 2.75) is 19.8 Å². The molecular weight excluding hydrogens is 250 g/mol. The number of hydrogen-bond donors (Lipinski definition) is 1. The molecular formula is C13H17NO5. The molecule has 0 aliphatic carbocycles. The fourth-order valence-electron chi connectivity index (χ4n) is 2.01. The first-order valence-corrected chi connectivity index (χ1v) is 6.08. The van der Waals surface area contributed by atoms with Crippen LogP contribution in [0, 0.1) is 0 Å². The Kier molecular flexibility index (Phi) is 3.99. The van der Waals surface area contributed by atoms with E-state index in [4.69, 9.17) is 24.7 Å². The molecule has 0 spiro atoms. The fraction of sp³-hybridized carbons (Fsp3) is 0.462. The summed E-state index contributed by atoms with van der Waals surface area (Å²) in [6, 6.07) is 1.74. The van der Waals surface area contributed by atoms with Crippen LogP contribution in [0.2, 0.25) is 0 Å². The van der Waals surface area contributed by atoms with Crippen LogP contribution in [0.4, 0.5) is 5.69 Å². The van der Waals surface area contributed by atoms with Crippen molar-refractivity contribution < 1.29 is 23.7 Å². The minimum absolute atomic E-state index is 0.122. The van der Waals surface area contributed by atoms with Crippen molar-refractivity contribution >= 4 is 11.7 Å². The van der Waals surface area contributed by atoms with Gasteiger partial charge in [0.15, 0.2) is 11.5 Å². The van der Waals surface area contributed by atoms with Crippen molar-refractivity contribution in [3.63, 3.8) is 0 Å². The lowest BCUT2D eigenvalue weighted by molar-refractivity contribution is -0.143. The normalized spacial score (nSPS) is 12.3. The number of hydrogen-bond acceptors (Lipinski definition) is 6. The van der Waals surface area contributed by atoms with Gasteiger partial charge in [-0.2, -0.15) is 0 Å². The van der Waals surface area contributed by atoms with E-state index in [-0.39, 0.29) is 19.2 Å². The van der Waals surface area contributed by atoms with Gasteiger partial charge < -0.3 is 24.7 Å². The Morgan fingerprint density at radius 2 is 2.16 bits per heavy atom. The van der Waals surface area contributed by atoms with Gasteiger partial charge in [0.25, 0.3) is 0 Å². The topological polar surface area (TPSA) is 80.0 Å². The van der Waals surface area contributed by atoms with Crippen molar-refractivity contribution in [1.29, 1.82) is 0 Å². The molecule has 1 aromatic rings. The maximum atomic E-state index is 11.4. The fourth-order valence-corrected chi connectivity index (χ4v) is 2.01. The molecule has 0 saturated heterocycles. The molecule has 1 aliphatic heterocycles. The van der Waals surface area contributed by atoms with Gasteiger partial charge in [0.2, 0.25) is 12.5 Å². The average Bonchev–Trinajstić information content (AvgIpc) is 2.86. The molecule has 104 valence electrons. The molecule has 0 atom stereocenters. The van der Waals surface area contributed by atoms with Crippen LogP contribution in [0.15, 0.2) is 6.07 Å². The smallest absolute Gasteiger partial charge is 0.306 e. The molecule has 0 saturated carbocycles. The van der Waals surface area contributed by atoms with Gasteiger partial charge in [0.1, 0.15) is 0 Å². The van der Waals surface area contributed by atoms with E-state index in [0.29, 0.717) is 36.0 Å². The molecule has 0 bridgehead atoms. The van der Waals surface area contributed by atoms with E-state index in [0.717, 1.165) is 5.56 Å². The summed E-state index contributed by atoms with van der Waals surface area (Å²) < 4.78 is 20.8. The minimum atomic E-state index is -0.249. The number of fused-ring (bicyclic) bond motifs is 1. The predicted octanol–water partition coefficient (Wildman–Crippen LogP) is 1.50. The second-order valence-electron chi connectivity index (χ2n) is 4.03. The van der Waals surface area contributed by atoms with Crippen LogP contribution in [-0.2, 0) is 16.0 Å². The van der Waals surface area contributed by atoms with Crippen LogP contribution in [0.5, 0.6) is 17.2 Å². The van der Waals surface area contributed by atoms with Gasteiger partial charge in [-0.25, -0.2) is 0 Å². The van der Waals surface area contributed by atoms with Gasteiger partial charge in [-0.3, -0.25) is 4.79 Å². The van der Waals surface area contributed by atoms with E-state index in [9.17, 15) is 4.79 Å². The lowest BCUT2D eigenvalue weighted by atomic mass is 10.1. The summed E-state index contributed by atoms with van der Waals surface area (Å²) >= 11 is 0. The van der Waals surface area contributed by atoms with E-state index in [1.165, 1.54) is 0 Å². The zero-order valence-corrected chi connectivity index (χ0v) is 11.0. The third-order valence-corrected chi connectivity index (χ3v) is 2.81. The summed E-state index contributed by atoms with van der Waals surface area (Å²) in [6.45, 7) is 2.27. The van der Waals surface area contributed by atoms with Crippen LogP contribution >= 0.6 is 0 Å². The van der Waals surface area contributed by atoms with Crippen molar-refractivity contribution in [1.82, 2.24) is 0 Å². The summed E-state index contributed by atoms with van der Waals surface area (Å²) in [7, 11) is 1.54. The quantitative estimate of drug-likeness (QED) is 0.643. The predicted molar refractivity (Wildman–Crippen MR) is 68.5 cm³/mol. The van der Waals surface area contributed by atoms with E-state index in [1.54, 1.807) is 20.1 Å². The largest absolute Gasteiger partial charge is 0.492 e. The maximum absolute atomic E-state index is 11.4. The summed E-state index contributed by atoms with van der Waals surface area (Å²) in [4.78, 5) is 11.4. The van der Waals surface area contributed by atoms with Gasteiger partial charge >= 0.3 is 5.97 Å². The van der Waals surface area contributed by atoms with E-state index in [2.05, 4.69) is 0 Å². The van der Waals surface area contributed by atoms with Crippen molar-refractivity contribution in [2.24, 2.45) is 0 Å². The number of carbonyl (C=O) groups excluding carboxylic acids is 1. The van der Waals surface area contributed by atoms with Crippen LogP contribution in [0.3, 0.4) is 0 Å². The summed E-state index contributed by atoms with van der Waals surface area (Å²) in [6.07, 6.45) is 0.742. The van der Waals surface area contributed by atoms with Gasteiger partial charge in [-0.05, 0) is 19.4 Å². The SMILES string of the molecule is CCOC(=O)CCc1cc(N)c2c(c1OC)OCO2. The highest BCUT2D eigenvalue weighted by Crippen LogP contribution is 2.47. The number of rotatable bonds is 5. The highest BCUT2D eigenvalue weighted by molar-refractivity contribution is 5.72. The molecule has 2 rings (SSSR count). The first kappa shape index (κ1) is 13.3. The standard InChI is InChI=1S/C13H17NO5/c1-3-17-10(15)5-4-8-6-9(14)12-13(11(8)16-2)19-7-18-12/h6H,3-5,7,14H2,1-2H3. The van der Waals surface area contributed by atoms with Gasteiger partial charge in [0, 0.05) is 12.0 Å². The number of benzene rings is 1. The monoisotopic (exact) mass is 267 g/mol. The van der Waals surface area contributed by atoms with Crippen molar-refractivity contribution in [3.05, 3.63) is 11.6 Å². The Morgan fingerprint density at radius 1 is 1.42 bits per heavy atom. The number of anilines is 1. The van der Waals surface area contributed by atoms with Crippen LogP contribution < -0.4 is 19.9 Å². The minimum Gasteiger partial charge on any atom is -0.492 e. The number of nitrogens with two attached hydrogens (primary N) is 1. The van der Waals surface area contributed by atoms with E-state index < -0.39 is 0 Å². The Morgan fingerprint density at radius 3 is 2.84 bits per heavy atom. The maximum Gasteiger partial charge on any atom is 0.306 e. The number of carbonyl (C=O) groups is 1. The average molecular weight is 267 g/mol. The third kappa shape index (κ3) is 2.67. The summed E-state index contributed by atoms with van der Waals surface area (Å²) in [5.74, 6) is 1.31. The molecule has 0 fully saturated rings. The first-order valence-electron chi connectivity index (χ1n) is 6.08. The Balaban J connectivity index is 2.21. The number of nitrogen functional groups attached to an aromatic ring is 1. The Labute approximate surface area is 111 Å². The van der Waals surface area contributed by atoms with Gasteiger partial charge in [-0.1, -0.05) is 0 Å². The first-order chi connectivity index (χ1) is 9.17. The third-order valence-electron chi connectivity index (χ3n) is 2.81. The lowest BCUT2D eigenvalue weighted by Crippen LogP contribution is -2.06. The van der Waals surface area contributed by atoms with Crippen LogP contribution in [0.25, 0.3) is 0 Å². The molecule has 0 radical (unpaired) electrons. The zero-order chi connectivity index (χ0) is 13.8. The number of methoxy groups -OCH3 is 1. The van der Waals surface area contributed by atoms with Gasteiger partial charge in [-0.15, -0.1) is 0 Å². The molecule has 1 heterocycles. The number of esters is 1. The Bertz CT molecular complexity index is 486. The molecule has 0 unspecified atom stereocenters. The van der Waals surface area contributed by atoms with E-state index in [1.807, 2.05) is 0 Å². The summed E-state index contributed by atoms with van der Waals surface area (Å²) in [5, 5.41) is 0. The van der Waals surface area contributed by atoms with Gasteiger partial charge in [0.05, 0.1) is 19.4 Å². The second kappa shape index (κ2) is 5.69. The molecule has 1 aliphatic rings. The van der Waals surface area contributed by atoms with E-state index >= 15 is 0 Å². The molecule has 6 heteroatoms. The van der Waals surface area contributed by atoms with Crippen molar-refractivity contribution in [2.75, 3.05) is 26.2 Å². The zero-order valence-electron chi connectivity index (χ0n) is 11.0. The highest BCUT2D eigenvalue weighted by atomic mass is 16.7. The second-order valence-corrected chi connectivity index (χ2v) is 4.03. The lowest BCUT2D eigenvalue weighted by Gasteiger charge is -2.12. The van der Waals surface area contributed by atoms with Crippen LogP contribution in [0.1, 0.15) is 18.9 Å². The molecule has 1 aromatic carbocycles. The highest BCUT2D eigenvalue weighted by Gasteiger charge is 2.25. The molecule has 0 amide bonds.